The predicted molar refractivity (Wildman–Crippen MR) is 95.2 cm³/mol. The number of hydrogen-bond donors (Lipinski definition) is 0. The van der Waals surface area contributed by atoms with E-state index in [0.29, 0.717) is 12.8 Å². The summed E-state index contributed by atoms with van der Waals surface area (Å²) in [5.74, 6) is 0. The van der Waals surface area contributed by atoms with Crippen LogP contribution in [0.2, 0.25) is 0 Å². The summed E-state index contributed by atoms with van der Waals surface area (Å²) in [6, 6.07) is 0. The van der Waals surface area contributed by atoms with Gasteiger partial charge in [0.05, 0.1) is 11.7 Å². The molecule has 0 spiro atoms. The van der Waals surface area contributed by atoms with E-state index in [1.807, 2.05) is 20.8 Å². The first-order chi connectivity index (χ1) is 10.7. The quantitative estimate of drug-likeness (QED) is 0.535. The summed E-state index contributed by atoms with van der Waals surface area (Å²) >= 11 is 2.08. The first-order valence-electron chi connectivity index (χ1n) is 7.59. The molecule has 0 bridgehead atoms. The van der Waals surface area contributed by atoms with Gasteiger partial charge in [-0.2, -0.15) is 0 Å². The van der Waals surface area contributed by atoms with Crippen molar-refractivity contribution in [3.63, 3.8) is 0 Å². The van der Waals surface area contributed by atoms with E-state index in [-0.39, 0.29) is 34.5 Å². The van der Waals surface area contributed by atoms with Crippen LogP contribution in [-0.2, 0) is 14.2 Å². The van der Waals surface area contributed by atoms with E-state index in [4.69, 9.17) is 14.2 Å². The van der Waals surface area contributed by atoms with Gasteiger partial charge in [-0.15, -0.1) is 0 Å². The molecule has 0 heterocycles. The second kappa shape index (κ2) is 9.59. The summed E-state index contributed by atoms with van der Waals surface area (Å²) in [4.78, 5) is 23.0. The van der Waals surface area contributed by atoms with Crippen molar-refractivity contribution in [2.45, 2.75) is 63.9 Å². The number of rotatable bonds is 3. The molecule has 3 atom stereocenters. The molecule has 1 aliphatic rings. The lowest BCUT2D eigenvalue weighted by Crippen LogP contribution is -2.33. The average molecular weight is 363 g/mol. The zero-order valence-electron chi connectivity index (χ0n) is 14.4. The van der Waals surface area contributed by atoms with Gasteiger partial charge in [0.15, 0.2) is 0 Å². The van der Waals surface area contributed by atoms with E-state index in [0.717, 1.165) is 29.9 Å². The lowest BCUT2D eigenvalue weighted by atomic mass is 9.98. The molecule has 7 heteroatoms. The van der Waals surface area contributed by atoms with Crippen LogP contribution >= 0.6 is 23.5 Å². The maximum atomic E-state index is 11.6. The molecule has 0 aromatic carbocycles. The van der Waals surface area contributed by atoms with E-state index in [9.17, 15) is 9.59 Å². The Morgan fingerprint density at radius 3 is 2.00 bits per heavy atom. The minimum atomic E-state index is -0.377. The third kappa shape index (κ3) is 8.67. The minimum Gasteiger partial charge on any atom is -0.450 e. The standard InChI is InChI=1S/C16H26O5S2/c1-16(2,3)21-13-9-7-11(19-14(17)22-4)6-8-12(10-13)20-15(18)23-5/h6,8,11-13H,7,9-10H2,1-5H3/b8-6+. The largest absolute Gasteiger partial charge is 0.450 e. The Kier molecular flexibility index (Phi) is 8.50. The highest BCUT2D eigenvalue weighted by atomic mass is 32.2. The Bertz CT molecular complexity index is 431. The molecule has 0 saturated carbocycles. The van der Waals surface area contributed by atoms with Crippen molar-refractivity contribution >= 4 is 34.1 Å². The van der Waals surface area contributed by atoms with Crippen LogP contribution in [0, 0.1) is 0 Å². The second-order valence-corrected chi connectivity index (χ2v) is 7.75. The Balaban J connectivity index is 2.81. The van der Waals surface area contributed by atoms with Gasteiger partial charge in [-0.1, -0.05) is 0 Å². The lowest BCUT2D eigenvalue weighted by Gasteiger charge is -2.31. The van der Waals surface area contributed by atoms with E-state index < -0.39 is 0 Å². The van der Waals surface area contributed by atoms with Gasteiger partial charge in [-0.25, -0.2) is 9.59 Å². The van der Waals surface area contributed by atoms with Crippen molar-refractivity contribution < 1.29 is 23.8 Å². The normalized spacial score (nSPS) is 26.7. The molecule has 0 aromatic rings. The van der Waals surface area contributed by atoms with E-state index >= 15 is 0 Å². The van der Waals surface area contributed by atoms with Gasteiger partial charge in [0.25, 0.3) is 0 Å². The van der Waals surface area contributed by atoms with Crippen LogP contribution < -0.4 is 0 Å². The fourth-order valence-electron chi connectivity index (χ4n) is 2.29. The summed E-state index contributed by atoms with van der Waals surface area (Å²) in [7, 11) is 0. The van der Waals surface area contributed by atoms with Crippen LogP contribution in [-0.4, -0.2) is 47.0 Å². The second-order valence-electron chi connectivity index (χ2n) is 6.27. The van der Waals surface area contributed by atoms with Crippen molar-refractivity contribution in [3.05, 3.63) is 12.2 Å². The smallest absolute Gasteiger partial charge is 0.367 e. The Labute approximate surface area is 146 Å². The van der Waals surface area contributed by atoms with Crippen LogP contribution in [0.1, 0.15) is 40.0 Å². The van der Waals surface area contributed by atoms with Crippen LogP contribution in [0.25, 0.3) is 0 Å². The molecule has 3 unspecified atom stereocenters. The molecule has 0 saturated heterocycles. The Morgan fingerprint density at radius 2 is 1.48 bits per heavy atom. The Morgan fingerprint density at radius 1 is 0.957 bits per heavy atom. The molecule has 0 N–H and O–H groups in total. The van der Waals surface area contributed by atoms with Gasteiger partial charge < -0.3 is 14.2 Å². The molecule has 5 nitrogen and oxygen atoms in total. The topological polar surface area (TPSA) is 61.8 Å². The van der Waals surface area contributed by atoms with Crippen molar-refractivity contribution in [1.29, 1.82) is 0 Å². The highest BCUT2D eigenvalue weighted by Crippen LogP contribution is 2.25. The minimum absolute atomic E-state index is 0.0601. The summed E-state index contributed by atoms with van der Waals surface area (Å²) in [5.41, 5.74) is -0.285. The number of hydrogen-bond acceptors (Lipinski definition) is 7. The van der Waals surface area contributed by atoms with Crippen molar-refractivity contribution in [1.82, 2.24) is 0 Å². The molecule has 23 heavy (non-hydrogen) atoms. The summed E-state index contributed by atoms with van der Waals surface area (Å²) in [6.07, 6.45) is 8.23. The molecule has 0 fully saturated rings. The molecular weight excluding hydrogens is 336 g/mol. The molecule has 132 valence electrons. The Hall–Kier alpha value is -0.660. The summed E-state index contributed by atoms with van der Waals surface area (Å²) in [6.45, 7) is 5.99. The van der Waals surface area contributed by atoms with Gasteiger partial charge in [-0.05, 0) is 81.8 Å². The molecule has 1 aliphatic carbocycles. The fourth-order valence-corrected chi connectivity index (χ4v) is 2.73. The van der Waals surface area contributed by atoms with E-state index in [1.165, 1.54) is 0 Å². The maximum absolute atomic E-state index is 11.6. The van der Waals surface area contributed by atoms with Crippen LogP contribution in [0.4, 0.5) is 9.59 Å². The number of carbonyl (C=O) groups is 2. The number of thioether (sulfide) groups is 2. The van der Waals surface area contributed by atoms with Gasteiger partial charge in [0.1, 0.15) is 12.2 Å². The predicted octanol–water partition coefficient (Wildman–Crippen LogP) is 4.65. The lowest BCUT2D eigenvalue weighted by molar-refractivity contribution is -0.0796. The summed E-state index contributed by atoms with van der Waals surface area (Å²) in [5, 5.41) is -0.640. The molecule has 0 aromatic heterocycles. The molecule has 0 amide bonds. The van der Waals surface area contributed by atoms with Crippen LogP contribution in [0.5, 0.6) is 0 Å². The highest BCUT2D eigenvalue weighted by molar-refractivity contribution is 8.12. The molecule has 1 rings (SSSR count). The highest BCUT2D eigenvalue weighted by Gasteiger charge is 2.27. The number of ether oxygens (including phenoxy) is 3. The van der Waals surface area contributed by atoms with Crippen molar-refractivity contribution in [3.8, 4) is 0 Å². The molecule has 0 radical (unpaired) electrons. The third-order valence-corrected chi connectivity index (χ3v) is 4.02. The maximum Gasteiger partial charge on any atom is 0.367 e. The van der Waals surface area contributed by atoms with Gasteiger partial charge >= 0.3 is 10.6 Å². The van der Waals surface area contributed by atoms with E-state index in [1.54, 1.807) is 24.7 Å². The SMILES string of the molecule is CSC(=O)OC1/C=C/C(OC(=O)SC)CC(OC(C)(C)C)CC1. The first kappa shape index (κ1) is 20.4. The third-order valence-electron chi connectivity index (χ3n) is 3.16. The summed E-state index contributed by atoms with van der Waals surface area (Å²) < 4.78 is 16.8. The van der Waals surface area contributed by atoms with Gasteiger partial charge in [0.2, 0.25) is 0 Å². The monoisotopic (exact) mass is 362 g/mol. The fraction of sp³-hybridized carbons (Fsp3) is 0.750. The van der Waals surface area contributed by atoms with Gasteiger partial charge in [-0.3, -0.25) is 0 Å². The molecule has 0 aliphatic heterocycles. The number of carbonyl (C=O) groups excluding carboxylic acids is 2. The average Bonchev–Trinajstić information content (AvgIpc) is 2.45. The van der Waals surface area contributed by atoms with E-state index in [2.05, 4.69) is 0 Å². The van der Waals surface area contributed by atoms with Crippen molar-refractivity contribution in [2.75, 3.05) is 12.5 Å². The van der Waals surface area contributed by atoms with Crippen molar-refractivity contribution in [2.24, 2.45) is 0 Å². The zero-order valence-corrected chi connectivity index (χ0v) is 16.0. The van der Waals surface area contributed by atoms with Gasteiger partial charge in [0, 0.05) is 6.42 Å². The zero-order chi connectivity index (χ0) is 17.5. The molecular formula is C16H26O5S2. The first-order valence-corrected chi connectivity index (χ1v) is 10.0. The van der Waals surface area contributed by atoms with Crippen LogP contribution in [0.15, 0.2) is 12.2 Å². The van der Waals surface area contributed by atoms with Crippen LogP contribution in [0.3, 0.4) is 0 Å².